The summed E-state index contributed by atoms with van der Waals surface area (Å²) >= 11 is 5.97. The molecule has 3 aromatic rings. The van der Waals surface area contributed by atoms with E-state index in [0.717, 1.165) is 5.69 Å². The first-order valence-electron chi connectivity index (χ1n) is 9.24. The zero-order chi connectivity index (χ0) is 22.2. The lowest BCUT2D eigenvalue weighted by Crippen LogP contribution is -2.29. The predicted octanol–water partition coefficient (Wildman–Crippen LogP) is 5.59. The van der Waals surface area contributed by atoms with Crippen molar-refractivity contribution in [1.82, 2.24) is 4.98 Å². The summed E-state index contributed by atoms with van der Waals surface area (Å²) in [7, 11) is 1.35. The largest absolute Gasteiger partial charge is 0.493 e. The van der Waals surface area contributed by atoms with E-state index < -0.39 is 6.61 Å². The molecule has 0 radical (unpaired) electrons. The van der Waals surface area contributed by atoms with Crippen LogP contribution < -0.4 is 14.4 Å². The number of carbonyl (C=O) groups excluding carboxylic acids is 1. The van der Waals surface area contributed by atoms with Crippen LogP contribution in [0.1, 0.15) is 11.3 Å². The Bertz CT molecular complexity index is 1040. The van der Waals surface area contributed by atoms with Gasteiger partial charge in [-0.05, 0) is 60.2 Å². The maximum atomic E-state index is 13.0. The molecule has 0 atom stereocenters. The average Bonchev–Trinajstić information content (AvgIpc) is 2.77. The minimum Gasteiger partial charge on any atom is -0.493 e. The number of aromatic nitrogens is 1. The molecule has 31 heavy (non-hydrogen) atoms. The molecule has 5 nitrogen and oxygen atoms in total. The van der Waals surface area contributed by atoms with Crippen molar-refractivity contribution in [2.75, 3.05) is 12.0 Å². The second-order valence-corrected chi connectivity index (χ2v) is 6.78. The van der Waals surface area contributed by atoms with Crippen LogP contribution in [0.25, 0.3) is 6.08 Å². The van der Waals surface area contributed by atoms with Crippen LogP contribution in [0.4, 0.5) is 14.5 Å². The van der Waals surface area contributed by atoms with Crippen LogP contribution in [0.15, 0.2) is 72.9 Å². The second kappa shape index (κ2) is 10.5. The summed E-state index contributed by atoms with van der Waals surface area (Å²) in [5, 5.41) is 0.558. The topological polar surface area (TPSA) is 51.7 Å². The van der Waals surface area contributed by atoms with E-state index in [1.807, 2.05) is 12.1 Å². The molecule has 0 aliphatic carbocycles. The number of ether oxygens (including phenoxy) is 2. The van der Waals surface area contributed by atoms with Crippen molar-refractivity contribution in [3.05, 3.63) is 89.2 Å². The van der Waals surface area contributed by atoms with Crippen LogP contribution in [0.2, 0.25) is 5.02 Å². The van der Waals surface area contributed by atoms with Gasteiger partial charge in [-0.15, -0.1) is 0 Å². The van der Waals surface area contributed by atoms with Gasteiger partial charge in [0, 0.05) is 23.0 Å². The highest BCUT2D eigenvalue weighted by molar-refractivity contribution is 6.30. The van der Waals surface area contributed by atoms with Crippen LogP contribution >= 0.6 is 11.6 Å². The minimum absolute atomic E-state index is 0.0843. The lowest BCUT2D eigenvalue weighted by atomic mass is 10.1. The zero-order valence-corrected chi connectivity index (χ0v) is 17.3. The quantitative estimate of drug-likeness (QED) is 0.425. The van der Waals surface area contributed by atoms with E-state index in [9.17, 15) is 13.6 Å². The third-order valence-electron chi connectivity index (χ3n) is 4.27. The molecule has 0 aliphatic rings. The van der Waals surface area contributed by atoms with Gasteiger partial charge >= 0.3 is 6.61 Å². The molecule has 0 unspecified atom stereocenters. The second-order valence-electron chi connectivity index (χ2n) is 6.34. The molecule has 0 saturated carbocycles. The number of anilines is 1. The molecular weight excluding hydrogens is 426 g/mol. The van der Waals surface area contributed by atoms with Gasteiger partial charge in [-0.2, -0.15) is 8.78 Å². The summed E-state index contributed by atoms with van der Waals surface area (Å²) in [6.45, 7) is -2.70. The van der Waals surface area contributed by atoms with Gasteiger partial charge in [0.2, 0.25) is 0 Å². The monoisotopic (exact) mass is 444 g/mol. The number of hydrogen-bond donors (Lipinski definition) is 0. The summed E-state index contributed by atoms with van der Waals surface area (Å²) in [5.41, 5.74) is 1.96. The van der Waals surface area contributed by atoms with E-state index in [-0.39, 0.29) is 24.0 Å². The average molecular weight is 445 g/mol. The zero-order valence-electron chi connectivity index (χ0n) is 16.5. The number of hydrogen-bond acceptors (Lipinski definition) is 4. The first-order chi connectivity index (χ1) is 15.0. The highest BCUT2D eigenvalue weighted by atomic mass is 35.5. The number of halogens is 3. The fourth-order valence-electron chi connectivity index (χ4n) is 2.81. The van der Waals surface area contributed by atoms with E-state index >= 15 is 0 Å². The summed E-state index contributed by atoms with van der Waals surface area (Å²) in [5.74, 6) is -0.239. The first-order valence-corrected chi connectivity index (χ1v) is 9.62. The Morgan fingerprint density at radius 2 is 1.90 bits per heavy atom. The van der Waals surface area contributed by atoms with Gasteiger partial charge in [0.05, 0.1) is 19.3 Å². The van der Waals surface area contributed by atoms with Crippen molar-refractivity contribution in [2.45, 2.75) is 13.2 Å². The fourth-order valence-corrected chi connectivity index (χ4v) is 2.94. The van der Waals surface area contributed by atoms with Crippen molar-refractivity contribution in [1.29, 1.82) is 0 Å². The van der Waals surface area contributed by atoms with Crippen LogP contribution in [0.5, 0.6) is 11.5 Å². The van der Waals surface area contributed by atoms with Gasteiger partial charge < -0.3 is 14.4 Å². The molecule has 0 spiro atoms. The Hall–Kier alpha value is -3.45. The first kappa shape index (κ1) is 22.2. The molecule has 8 heteroatoms. The lowest BCUT2D eigenvalue weighted by Gasteiger charge is -2.21. The standard InChI is InChI=1S/C23H19ClF2N2O3/c1-30-21-14-16(5-11-20(21)31-23(25)26)6-12-22(29)28(15-18-4-2-3-13-27-18)19-9-7-17(24)8-10-19/h2-14,23H,15H2,1H3/b12-6+. The Kier molecular flexibility index (Phi) is 7.56. The lowest BCUT2D eigenvalue weighted by molar-refractivity contribution is -0.114. The van der Waals surface area contributed by atoms with E-state index in [0.29, 0.717) is 16.3 Å². The molecule has 0 fully saturated rings. The number of pyridine rings is 1. The Balaban J connectivity index is 1.84. The van der Waals surface area contributed by atoms with E-state index in [2.05, 4.69) is 9.72 Å². The summed E-state index contributed by atoms with van der Waals surface area (Å²) < 4.78 is 34.5. The Morgan fingerprint density at radius 1 is 1.13 bits per heavy atom. The molecule has 1 amide bonds. The molecule has 0 bridgehead atoms. The van der Waals surface area contributed by atoms with Gasteiger partial charge in [-0.1, -0.05) is 23.7 Å². The SMILES string of the molecule is COc1cc(/C=C/C(=O)N(Cc2ccccn2)c2ccc(Cl)cc2)ccc1OC(F)F. The van der Waals surface area contributed by atoms with E-state index in [4.69, 9.17) is 16.3 Å². The maximum absolute atomic E-state index is 13.0. The van der Waals surface area contributed by atoms with Gasteiger partial charge in [0.15, 0.2) is 11.5 Å². The van der Waals surface area contributed by atoms with Gasteiger partial charge in [0.1, 0.15) is 0 Å². The van der Waals surface area contributed by atoms with Gasteiger partial charge in [-0.3, -0.25) is 9.78 Å². The molecule has 160 valence electrons. The highest BCUT2D eigenvalue weighted by Gasteiger charge is 2.15. The number of methoxy groups -OCH3 is 1. The van der Waals surface area contributed by atoms with Crippen LogP contribution in [-0.4, -0.2) is 24.6 Å². The highest BCUT2D eigenvalue weighted by Crippen LogP contribution is 2.30. The Morgan fingerprint density at radius 3 is 2.55 bits per heavy atom. The maximum Gasteiger partial charge on any atom is 0.387 e. The molecule has 1 heterocycles. The van der Waals surface area contributed by atoms with Crippen molar-refractivity contribution in [3.63, 3.8) is 0 Å². The van der Waals surface area contributed by atoms with E-state index in [1.165, 1.54) is 25.3 Å². The minimum atomic E-state index is -2.96. The molecule has 0 saturated heterocycles. The fraction of sp³-hybridized carbons (Fsp3) is 0.130. The van der Waals surface area contributed by atoms with E-state index in [1.54, 1.807) is 53.6 Å². The Labute approximate surface area is 183 Å². The molecule has 1 aromatic heterocycles. The van der Waals surface area contributed by atoms with Crippen LogP contribution in [-0.2, 0) is 11.3 Å². The molecule has 2 aromatic carbocycles. The summed E-state index contributed by atoms with van der Waals surface area (Å²) in [4.78, 5) is 18.8. The number of alkyl halides is 2. The molecule has 0 N–H and O–H groups in total. The smallest absolute Gasteiger partial charge is 0.387 e. The summed E-state index contributed by atoms with van der Waals surface area (Å²) in [6, 6.07) is 16.8. The number of benzene rings is 2. The number of rotatable bonds is 8. The van der Waals surface area contributed by atoms with Crippen molar-refractivity contribution in [2.24, 2.45) is 0 Å². The van der Waals surface area contributed by atoms with Gasteiger partial charge in [0.25, 0.3) is 5.91 Å². The van der Waals surface area contributed by atoms with Crippen LogP contribution in [0.3, 0.4) is 0 Å². The van der Waals surface area contributed by atoms with Crippen molar-refractivity contribution in [3.8, 4) is 11.5 Å². The van der Waals surface area contributed by atoms with Crippen LogP contribution in [0, 0.1) is 0 Å². The van der Waals surface area contributed by atoms with Gasteiger partial charge in [-0.25, -0.2) is 0 Å². The van der Waals surface area contributed by atoms with Crippen molar-refractivity contribution < 1.29 is 23.0 Å². The number of nitrogens with zero attached hydrogens (tertiary/aromatic N) is 2. The predicted molar refractivity (Wildman–Crippen MR) is 116 cm³/mol. The molecular formula is C23H19ClF2N2O3. The molecule has 3 rings (SSSR count). The third-order valence-corrected chi connectivity index (χ3v) is 4.52. The third kappa shape index (κ3) is 6.26. The summed E-state index contributed by atoms with van der Waals surface area (Å²) in [6.07, 6.45) is 4.61. The normalized spacial score (nSPS) is 11.0. The van der Waals surface area contributed by atoms with Crippen molar-refractivity contribution >= 4 is 29.3 Å². The number of amides is 1. The number of carbonyl (C=O) groups is 1. The molecule has 0 aliphatic heterocycles.